The van der Waals surface area contributed by atoms with E-state index in [-0.39, 0.29) is 0 Å². The highest BCUT2D eigenvalue weighted by atomic mass is 15.2. The molecule has 0 amide bonds. The zero-order valence-corrected chi connectivity index (χ0v) is 31.8. The monoisotopic (exact) mass is 754 g/mol. The van der Waals surface area contributed by atoms with Crippen molar-refractivity contribution in [1.29, 1.82) is 0 Å². The van der Waals surface area contributed by atoms with Gasteiger partial charge in [-0.3, -0.25) is 4.57 Å². The second kappa shape index (κ2) is 13.3. The molecule has 276 valence electrons. The molecule has 0 aliphatic carbocycles. The molecule has 4 aromatic heterocycles. The first-order valence-corrected chi connectivity index (χ1v) is 19.9. The Labute approximate surface area is 339 Å². The van der Waals surface area contributed by atoms with Crippen LogP contribution in [0.25, 0.3) is 106 Å². The molecule has 0 spiro atoms. The minimum absolute atomic E-state index is 0.570. The maximum Gasteiger partial charge on any atom is 0.238 e. The van der Waals surface area contributed by atoms with Crippen LogP contribution < -0.4 is 0 Å². The Kier molecular flexibility index (Phi) is 7.43. The van der Waals surface area contributed by atoms with Crippen LogP contribution in [0.2, 0.25) is 0 Å². The summed E-state index contributed by atoms with van der Waals surface area (Å²) in [5.74, 6) is 1.82. The highest BCUT2D eigenvalue weighted by Crippen LogP contribution is 2.41. The fraction of sp³-hybridized carbons (Fsp3) is 0. The van der Waals surface area contributed by atoms with Gasteiger partial charge in [-0.1, -0.05) is 133 Å². The molecule has 0 radical (unpaired) electrons. The van der Waals surface area contributed by atoms with E-state index in [0.717, 1.165) is 66.3 Å². The Morgan fingerprint density at radius 3 is 1.46 bits per heavy atom. The predicted molar refractivity (Wildman–Crippen MR) is 242 cm³/mol. The average molecular weight is 755 g/mol. The van der Waals surface area contributed by atoms with Crippen molar-refractivity contribution in [3.8, 4) is 51.2 Å². The van der Waals surface area contributed by atoms with Crippen molar-refractivity contribution in [2.45, 2.75) is 0 Å². The van der Waals surface area contributed by atoms with Crippen molar-refractivity contribution in [3.05, 3.63) is 206 Å². The second-order valence-electron chi connectivity index (χ2n) is 14.9. The number of hydrogen-bond acceptors (Lipinski definition) is 3. The Balaban J connectivity index is 1.12. The molecular formula is C53H34N6. The lowest BCUT2D eigenvalue weighted by atomic mass is 10.0. The van der Waals surface area contributed by atoms with E-state index < -0.39 is 0 Å². The van der Waals surface area contributed by atoms with Gasteiger partial charge in [-0.15, -0.1) is 0 Å². The maximum absolute atomic E-state index is 5.25. The summed E-state index contributed by atoms with van der Waals surface area (Å²) in [6.07, 6.45) is 2.16. The standard InChI is InChI=1S/C53H34N6/c1-5-15-35(16-6-1)51-54-52(36-17-7-2-8-18-36)56-53(55-51)59-49-29-26-38(34-45(49)42-27-30-46-43(50(42)59)31-32-57(46)39-19-9-3-10-20-39)37-25-28-48-44(33-37)41-23-13-14-24-47(41)58(48)40-21-11-4-12-22-40/h1-34H. The molecule has 6 heteroatoms. The molecule has 12 rings (SSSR count). The quantitative estimate of drug-likeness (QED) is 0.170. The average Bonchev–Trinajstić information content (AvgIpc) is 4.00. The lowest BCUT2D eigenvalue weighted by molar-refractivity contribution is 0.955. The summed E-state index contributed by atoms with van der Waals surface area (Å²) < 4.78 is 6.85. The summed E-state index contributed by atoms with van der Waals surface area (Å²) >= 11 is 0. The SMILES string of the molecule is c1ccc(-c2nc(-c3ccccc3)nc(-n3c4ccc(-c5ccc6c(c5)c5ccccc5n6-c5ccccc5)cc4c4ccc5c(ccn5-c5ccccc5)c43)n2)cc1. The number of hydrogen-bond donors (Lipinski definition) is 0. The smallest absolute Gasteiger partial charge is 0.238 e. The first kappa shape index (κ1) is 33.1. The van der Waals surface area contributed by atoms with Crippen molar-refractivity contribution in [2.24, 2.45) is 0 Å². The topological polar surface area (TPSA) is 53.5 Å². The van der Waals surface area contributed by atoms with E-state index in [1.807, 2.05) is 36.4 Å². The zero-order valence-electron chi connectivity index (χ0n) is 31.8. The molecule has 0 N–H and O–H groups in total. The van der Waals surface area contributed by atoms with Crippen LogP contribution in [0.1, 0.15) is 0 Å². The van der Waals surface area contributed by atoms with E-state index >= 15 is 0 Å². The van der Waals surface area contributed by atoms with Crippen molar-refractivity contribution in [1.82, 2.24) is 28.7 Å². The number of fused-ring (bicyclic) bond motifs is 8. The van der Waals surface area contributed by atoms with Gasteiger partial charge in [0, 0.05) is 55.6 Å². The fourth-order valence-corrected chi connectivity index (χ4v) is 8.83. The van der Waals surface area contributed by atoms with Crippen LogP contribution in [0.15, 0.2) is 206 Å². The van der Waals surface area contributed by atoms with Crippen molar-refractivity contribution < 1.29 is 0 Å². The third-order valence-corrected chi connectivity index (χ3v) is 11.5. The molecule has 59 heavy (non-hydrogen) atoms. The number of rotatable bonds is 6. The Hall–Kier alpha value is -8.09. The minimum atomic E-state index is 0.570. The van der Waals surface area contributed by atoms with Gasteiger partial charge < -0.3 is 9.13 Å². The van der Waals surface area contributed by atoms with E-state index in [4.69, 9.17) is 15.0 Å². The third kappa shape index (κ3) is 5.31. The summed E-state index contributed by atoms with van der Waals surface area (Å²) in [6, 6.07) is 70.5. The first-order chi connectivity index (χ1) is 29.3. The number of aromatic nitrogens is 6. The first-order valence-electron chi connectivity index (χ1n) is 19.9. The van der Waals surface area contributed by atoms with Gasteiger partial charge in [-0.2, -0.15) is 9.97 Å². The van der Waals surface area contributed by atoms with Gasteiger partial charge in [0.2, 0.25) is 5.95 Å². The van der Waals surface area contributed by atoms with Gasteiger partial charge in [0.25, 0.3) is 0 Å². The Morgan fingerprint density at radius 1 is 0.305 bits per heavy atom. The molecule has 0 bridgehead atoms. The Bertz CT molecular complexity index is 3470. The molecule has 8 aromatic carbocycles. The molecule has 0 saturated heterocycles. The van der Waals surface area contributed by atoms with Gasteiger partial charge in [0.15, 0.2) is 11.6 Å². The van der Waals surface area contributed by atoms with Crippen LogP contribution in [0.5, 0.6) is 0 Å². The molecule has 0 unspecified atom stereocenters. The molecule has 0 atom stereocenters. The van der Waals surface area contributed by atoms with E-state index in [0.29, 0.717) is 17.6 Å². The Morgan fingerprint density at radius 2 is 0.814 bits per heavy atom. The highest BCUT2D eigenvalue weighted by Gasteiger charge is 2.22. The third-order valence-electron chi connectivity index (χ3n) is 11.5. The van der Waals surface area contributed by atoms with Gasteiger partial charge in [-0.05, 0) is 77.9 Å². The van der Waals surface area contributed by atoms with Gasteiger partial charge in [0.1, 0.15) is 0 Å². The van der Waals surface area contributed by atoms with Crippen LogP contribution in [0.4, 0.5) is 0 Å². The van der Waals surface area contributed by atoms with Crippen molar-refractivity contribution in [3.63, 3.8) is 0 Å². The lowest BCUT2D eigenvalue weighted by Gasteiger charge is -2.12. The van der Waals surface area contributed by atoms with E-state index in [1.54, 1.807) is 0 Å². The predicted octanol–water partition coefficient (Wildman–Crippen LogP) is 13.0. The zero-order chi connectivity index (χ0) is 38.9. The molecule has 12 aromatic rings. The van der Waals surface area contributed by atoms with Crippen molar-refractivity contribution in [2.75, 3.05) is 0 Å². The van der Waals surface area contributed by atoms with E-state index in [9.17, 15) is 0 Å². The largest absolute Gasteiger partial charge is 0.316 e. The number of nitrogens with zero attached hydrogens (tertiary/aromatic N) is 6. The normalized spacial score (nSPS) is 11.7. The molecule has 0 fully saturated rings. The fourth-order valence-electron chi connectivity index (χ4n) is 8.83. The van der Waals surface area contributed by atoms with Crippen LogP contribution >= 0.6 is 0 Å². The van der Waals surface area contributed by atoms with Gasteiger partial charge in [-0.25, -0.2) is 4.98 Å². The van der Waals surface area contributed by atoms with Crippen LogP contribution in [0.3, 0.4) is 0 Å². The summed E-state index contributed by atoms with van der Waals surface area (Å²) in [5.41, 5.74) is 12.0. The van der Waals surface area contributed by atoms with Gasteiger partial charge in [0.05, 0.1) is 27.6 Å². The van der Waals surface area contributed by atoms with Gasteiger partial charge >= 0.3 is 0 Å². The molecule has 0 aliphatic heterocycles. The molecule has 0 aliphatic rings. The second-order valence-corrected chi connectivity index (χ2v) is 14.9. The maximum atomic E-state index is 5.25. The summed E-state index contributed by atoms with van der Waals surface area (Å²) in [6.45, 7) is 0. The summed E-state index contributed by atoms with van der Waals surface area (Å²) in [7, 11) is 0. The number of benzene rings is 8. The van der Waals surface area contributed by atoms with E-state index in [2.05, 4.69) is 184 Å². The lowest BCUT2D eigenvalue weighted by Crippen LogP contribution is -2.06. The van der Waals surface area contributed by atoms with Crippen LogP contribution in [-0.2, 0) is 0 Å². The summed E-state index contributed by atoms with van der Waals surface area (Å²) in [4.78, 5) is 15.5. The van der Waals surface area contributed by atoms with Crippen LogP contribution in [0, 0.1) is 0 Å². The minimum Gasteiger partial charge on any atom is -0.316 e. The highest BCUT2D eigenvalue weighted by molar-refractivity contribution is 6.19. The van der Waals surface area contributed by atoms with E-state index in [1.165, 1.54) is 21.8 Å². The number of para-hydroxylation sites is 3. The van der Waals surface area contributed by atoms with Crippen molar-refractivity contribution >= 4 is 54.5 Å². The molecule has 6 nitrogen and oxygen atoms in total. The molecule has 4 heterocycles. The summed E-state index contributed by atoms with van der Waals surface area (Å²) in [5, 5.41) is 5.82. The molecule has 0 saturated carbocycles. The molecular weight excluding hydrogens is 721 g/mol. The van der Waals surface area contributed by atoms with Crippen LogP contribution in [-0.4, -0.2) is 28.7 Å².